The molecule has 2 aromatic carbocycles. The summed E-state index contributed by atoms with van der Waals surface area (Å²) >= 11 is 7.65. The predicted octanol–water partition coefficient (Wildman–Crippen LogP) is 5.70. The van der Waals surface area contributed by atoms with E-state index in [2.05, 4.69) is 0 Å². The molecule has 192 valence electrons. The Bertz CT molecular complexity index is 1290. The molecule has 9 heteroatoms. The van der Waals surface area contributed by atoms with E-state index in [0.717, 1.165) is 23.3 Å². The highest BCUT2D eigenvalue weighted by molar-refractivity contribution is 7.89. The lowest BCUT2D eigenvalue weighted by Gasteiger charge is -2.37. The second-order valence-electron chi connectivity index (χ2n) is 9.04. The molecule has 2 heterocycles. The minimum absolute atomic E-state index is 0.123. The topological polar surface area (TPSA) is 66.9 Å². The molecule has 1 aliphatic heterocycles. The van der Waals surface area contributed by atoms with Crippen LogP contribution in [0.25, 0.3) is 0 Å². The summed E-state index contributed by atoms with van der Waals surface area (Å²) in [7, 11) is -3.89. The fraction of sp³-hybridized carbons (Fsp3) is 0.370. The summed E-state index contributed by atoms with van der Waals surface area (Å²) in [6.45, 7) is 6.34. The molecular formula is C27H31ClN2O4S2. The van der Waals surface area contributed by atoms with Crippen molar-refractivity contribution in [2.24, 2.45) is 0 Å². The molecule has 0 spiro atoms. The van der Waals surface area contributed by atoms with Crippen LogP contribution in [-0.4, -0.2) is 49.3 Å². The standard InChI is InChI=1S/C27H31ClN2O4S2/c1-4-20(3)30(36(32,33)23-11-7-21(28)8-12-23)17-27(31)29-15-13-26-24(14-16-35-26)25(29)18-34-22-9-5-19(2)6-10-22/h5-12,14,16,20,25H,4,13,15,17-18H2,1-3H3/t20-,25+/m0/s1. The molecule has 1 aliphatic rings. The summed E-state index contributed by atoms with van der Waals surface area (Å²) in [5.41, 5.74) is 2.21. The van der Waals surface area contributed by atoms with E-state index in [1.807, 2.05) is 56.5 Å². The number of halogens is 1. The van der Waals surface area contributed by atoms with Crippen LogP contribution < -0.4 is 4.74 Å². The van der Waals surface area contributed by atoms with Gasteiger partial charge >= 0.3 is 0 Å². The van der Waals surface area contributed by atoms with Crippen LogP contribution in [0.15, 0.2) is 64.9 Å². The van der Waals surface area contributed by atoms with Gasteiger partial charge in [-0.2, -0.15) is 4.31 Å². The number of nitrogens with zero attached hydrogens (tertiary/aromatic N) is 2. The van der Waals surface area contributed by atoms with Gasteiger partial charge in [0.1, 0.15) is 12.4 Å². The minimum Gasteiger partial charge on any atom is -0.491 e. The maximum absolute atomic E-state index is 13.7. The van der Waals surface area contributed by atoms with E-state index in [9.17, 15) is 13.2 Å². The van der Waals surface area contributed by atoms with E-state index in [-0.39, 0.29) is 29.4 Å². The minimum atomic E-state index is -3.89. The lowest BCUT2D eigenvalue weighted by molar-refractivity contribution is -0.135. The van der Waals surface area contributed by atoms with Gasteiger partial charge in [-0.1, -0.05) is 36.2 Å². The number of thiophene rings is 1. The van der Waals surface area contributed by atoms with Crippen molar-refractivity contribution in [3.8, 4) is 5.75 Å². The van der Waals surface area contributed by atoms with Crippen LogP contribution >= 0.6 is 22.9 Å². The van der Waals surface area contributed by atoms with Gasteiger partial charge in [0.25, 0.3) is 0 Å². The smallest absolute Gasteiger partial charge is 0.243 e. The number of aryl methyl sites for hydroxylation is 1. The molecule has 0 bridgehead atoms. The van der Waals surface area contributed by atoms with Crippen molar-refractivity contribution in [2.45, 2.75) is 50.6 Å². The van der Waals surface area contributed by atoms with Crippen molar-refractivity contribution < 1.29 is 17.9 Å². The van der Waals surface area contributed by atoms with Crippen molar-refractivity contribution in [2.75, 3.05) is 19.7 Å². The van der Waals surface area contributed by atoms with Crippen molar-refractivity contribution >= 4 is 38.9 Å². The summed E-state index contributed by atoms with van der Waals surface area (Å²) in [5.74, 6) is 0.504. The average molecular weight is 547 g/mol. The number of carbonyl (C=O) groups is 1. The lowest BCUT2D eigenvalue weighted by atomic mass is 10.0. The van der Waals surface area contributed by atoms with Gasteiger partial charge in [-0.3, -0.25) is 4.79 Å². The summed E-state index contributed by atoms with van der Waals surface area (Å²) < 4.78 is 34.5. The molecule has 0 fully saturated rings. The third kappa shape index (κ3) is 5.78. The Labute approximate surface area is 222 Å². The molecule has 4 rings (SSSR count). The molecular weight excluding hydrogens is 516 g/mol. The van der Waals surface area contributed by atoms with Crippen LogP contribution in [0.2, 0.25) is 5.02 Å². The number of benzene rings is 2. The van der Waals surface area contributed by atoms with Crippen LogP contribution in [0, 0.1) is 6.92 Å². The van der Waals surface area contributed by atoms with Crippen LogP contribution in [0.1, 0.15) is 42.3 Å². The number of ether oxygens (including phenoxy) is 1. The van der Waals surface area contributed by atoms with Crippen molar-refractivity contribution in [1.29, 1.82) is 0 Å². The zero-order chi connectivity index (χ0) is 25.9. The zero-order valence-corrected chi connectivity index (χ0v) is 23.1. The van der Waals surface area contributed by atoms with E-state index in [1.54, 1.807) is 28.4 Å². The molecule has 6 nitrogen and oxygen atoms in total. The molecule has 1 amide bonds. The Morgan fingerprint density at radius 3 is 2.53 bits per heavy atom. The fourth-order valence-corrected chi connectivity index (χ4v) is 7.04. The molecule has 0 N–H and O–H groups in total. The van der Waals surface area contributed by atoms with Gasteiger partial charge in [-0.05, 0) is 80.1 Å². The van der Waals surface area contributed by atoms with Gasteiger partial charge in [0.15, 0.2) is 0 Å². The van der Waals surface area contributed by atoms with Gasteiger partial charge in [-0.25, -0.2) is 8.42 Å². The summed E-state index contributed by atoms with van der Waals surface area (Å²) in [6.07, 6.45) is 1.32. The summed E-state index contributed by atoms with van der Waals surface area (Å²) in [5, 5.41) is 2.49. The highest BCUT2D eigenvalue weighted by Gasteiger charge is 2.36. The van der Waals surface area contributed by atoms with E-state index in [4.69, 9.17) is 16.3 Å². The number of carbonyl (C=O) groups excluding carboxylic acids is 1. The number of sulfonamides is 1. The van der Waals surface area contributed by atoms with Crippen molar-refractivity contribution in [3.63, 3.8) is 0 Å². The number of fused-ring (bicyclic) bond motifs is 1. The van der Waals surface area contributed by atoms with Gasteiger partial charge in [-0.15, -0.1) is 11.3 Å². The molecule has 0 radical (unpaired) electrons. The van der Waals surface area contributed by atoms with E-state index in [0.29, 0.717) is 24.6 Å². The molecule has 1 aromatic heterocycles. The number of hydrogen-bond donors (Lipinski definition) is 0. The molecule has 0 saturated carbocycles. The van der Waals surface area contributed by atoms with Crippen LogP contribution in [0.4, 0.5) is 0 Å². The molecule has 36 heavy (non-hydrogen) atoms. The highest BCUT2D eigenvalue weighted by atomic mass is 35.5. The number of rotatable bonds is 9. The van der Waals surface area contributed by atoms with Gasteiger partial charge < -0.3 is 9.64 Å². The second kappa shape index (κ2) is 11.3. The molecule has 0 unspecified atom stereocenters. The first-order chi connectivity index (χ1) is 17.2. The monoisotopic (exact) mass is 546 g/mol. The Balaban J connectivity index is 1.58. The van der Waals surface area contributed by atoms with E-state index < -0.39 is 10.0 Å². The van der Waals surface area contributed by atoms with E-state index in [1.165, 1.54) is 21.3 Å². The first kappa shape index (κ1) is 26.7. The summed E-state index contributed by atoms with van der Waals surface area (Å²) in [6, 6.07) is 15.3. The first-order valence-electron chi connectivity index (χ1n) is 12.0. The fourth-order valence-electron chi connectivity index (χ4n) is 4.33. The van der Waals surface area contributed by atoms with Crippen LogP contribution in [0.5, 0.6) is 5.75 Å². The lowest BCUT2D eigenvalue weighted by Crippen LogP contribution is -2.49. The largest absolute Gasteiger partial charge is 0.491 e. The Morgan fingerprint density at radius 1 is 1.17 bits per heavy atom. The summed E-state index contributed by atoms with van der Waals surface area (Å²) in [4.78, 5) is 16.8. The third-order valence-electron chi connectivity index (χ3n) is 6.64. The number of hydrogen-bond acceptors (Lipinski definition) is 5. The van der Waals surface area contributed by atoms with Gasteiger partial charge in [0.05, 0.1) is 17.5 Å². The molecule has 3 aromatic rings. The second-order valence-corrected chi connectivity index (χ2v) is 12.4. The number of amides is 1. The third-order valence-corrected chi connectivity index (χ3v) is 9.86. The highest BCUT2D eigenvalue weighted by Crippen LogP contribution is 2.34. The normalized spacial score (nSPS) is 16.6. The average Bonchev–Trinajstić information content (AvgIpc) is 3.35. The van der Waals surface area contributed by atoms with E-state index >= 15 is 0 Å². The Hall–Kier alpha value is -2.39. The Morgan fingerprint density at radius 2 is 1.86 bits per heavy atom. The first-order valence-corrected chi connectivity index (χ1v) is 14.7. The SMILES string of the molecule is CC[C@H](C)N(CC(=O)N1CCc2sccc2[C@H]1COc1ccc(C)cc1)S(=O)(=O)c1ccc(Cl)cc1. The van der Waals surface area contributed by atoms with Crippen molar-refractivity contribution in [1.82, 2.24) is 9.21 Å². The molecule has 2 atom stereocenters. The van der Waals surface area contributed by atoms with Gasteiger partial charge in [0.2, 0.25) is 15.9 Å². The zero-order valence-electron chi connectivity index (χ0n) is 20.7. The van der Waals surface area contributed by atoms with Crippen LogP contribution in [0.3, 0.4) is 0 Å². The molecule has 0 aliphatic carbocycles. The van der Waals surface area contributed by atoms with Crippen LogP contribution in [-0.2, 0) is 21.2 Å². The Kier molecular flexibility index (Phi) is 8.40. The van der Waals surface area contributed by atoms with Crippen molar-refractivity contribution in [3.05, 3.63) is 81.0 Å². The maximum Gasteiger partial charge on any atom is 0.243 e. The maximum atomic E-state index is 13.7. The molecule has 0 saturated heterocycles. The quantitative estimate of drug-likeness (QED) is 0.345. The predicted molar refractivity (Wildman–Crippen MR) is 144 cm³/mol. The van der Waals surface area contributed by atoms with Gasteiger partial charge in [0, 0.05) is 22.5 Å².